The molecule has 4 N–H and O–H groups in total. The van der Waals surface area contributed by atoms with E-state index in [1.807, 2.05) is 58.9 Å². The van der Waals surface area contributed by atoms with Gasteiger partial charge in [0, 0.05) is 56.7 Å². The van der Waals surface area contributed by atoms with Crippen molar-refractivity contribution in [2.45, 2.75) is 134 Å². The Balaban J connectivity index is 0.758. The predicted molar refractivity (Wildman–Crippen MR) is 218 cm³/mol. The van der Waals surface area contributed by atoms with Crippen molar-refractivity contribution in [3.8, 4) is 11.1 Å². The van der Waals surface area contributed by atoms with Crippen LogP contribution in [-0.2, 0) is 33.6 Å². The second-order valence-electron chi connectivity index (χ2n) is 19.8. The molecular weight excluding hydrogens is 753 g/mol. The summed E-state index contributed by atoms with van der Waals surface area (Å²) in [5.74, 6) is -0.904. The first-order valence-corrected chi connectivity index (χ1v) is 21.8. The highest BCUT2D eigenvalue weighted by molar-refractivity contribution is 5.83. The highest BCUT2D eigenvalue weighted by Gasteiger charge is 2.71. The number of fused-ring (bicyclic) bond motifs is 3. The number of amides is 4. The SMILES string of the molecule is CC(C)(CNC(=O)CC1CCC2(CC1)OOC1(O2)C2CC3CC1CC(C(=O)NCCCNC(=O)OC(C)(C)C)(C3)C2)NC(=O)OCC1c2ccccc2-c2ccccc21. The number of carbonyl (C=O) groups is 4. The minimum atomic E-state index is -0.839. The lowest BCUT2D eigenvalue weighted by Gasteiger charge is -2.61. The molecule has 4 amide bonds. The molecule has 2 aromatic rings. The molecule has 13 heteroatoms. The molecule has 9 rings (SSSR count). The summed E-state index contributed by atoms with van der Waals surface area (Å²) in [4.78, 5) is 64.2. The van der Waals surface area contributed by atoms with Gasteiger partial charge in [-0.2, -0.15) is 9.78 Å². The Morgan fingerprint density at radius 1 is 0.780 bits per heavy atom. The van der Waals surface area contributed by atoms with Gasteiger partial charge >= 0.3 is 12.2 Å². The van der Waals surface area contributed by atoms with E-state index in [4.69, 9.17) is 24.0 Å². The number of hydrogen-bond acceptors (Lipinski definition) is 9. The number of rotatable bonds is 12. The molecule has 6 aliphatic carbocycles. The topological polar surface area (TPSA) is 163 Å². The number of benzene rings is 2. The van der Waals surface area contributed by atoms with Crippen molar-refractivity contribution in [1.29, 1.82) is 0 Å². The van der Waals surface area contributed by atoms with Crippen molar-refractivity contribution < 1.29 is 43.2 Å². The van der Waals surface area contributed by atoms with Gasteiger partial charge in [-0.25, -0.2) is 9.59 Å². The summed E-state index contributed by atoms with van der Waals surface area (Å²) in [6.07, 6.45) is 7.04. The maximum atomic E-state index is 13.7. The molecule has 7 aliphatic rings. The zero-order valence-electron chi connectivity index (χ0n) is 35.3. The molecule has 1 aliphatic heterocycles. The predicted octanol–water partition coefficient (Wildman–Crippen LogP) is 7.23. The lowest BCUT2D eigenvalue weighted by Crippen LogP contribution is -2.65. The van der Waals surface area contributed by atoms with E-state index in [0.29, 0.717) is 57.5 Å². The van der Waals surface area contributed by atoms with Gasteiger partial charge < -0.3 is 35.5 Å². The van der Waals surface area contributed by atoms with E-state index in [2.05, 4.69) is 45.5 Å². The molecule has 0 aromatic heterocycles. The zero-order chi connectivity index (χ0) is 41.6. The highest BCUT2D eigenvalue weighted by atomic mass is 17.3. The molecule has 2 spiro atoms. The number of ether oxygens (including phenoxy) is 3. The fraction of sp³-hybridized carbons (Fsp3) is 0.652. The average molecular weight is 815 g/mol. The fourth-order valence-corrected chi connectivity index (χ4v) is 11.1. The van der Waals surface area contributed by atoms with Crippen LogP contribution in [0, 0.1) is 29.1 Å². The molecule has 2 aromatic carbocycles. The molecule has 2 atom stereocenters. The molecule has 0 radical (unpaired) electrons. The van der Waals surface area contributed by atoms with Gasteiger partial charge in [-0.1, -0.05) is 48.5 Å². The van der Waals surface area contributed by atoms with Crippen molar-refractivity contribution in [3.63, 3.8) is 0 Å². The minimum absolute atomic E-state index is 0.0273. The summed E-state index contributed by atoms with van der Waals surface area (Å²) in [6.45, 7) is 10.6. The molecule has 6 fully saturated rings. The minimum Gasteiger partial charge on any atom is -0.449 e. The Kier molecular flexibility index (Phi) is 11.3. The smallest absolute Gasteiger partial charge is 0.407 e. The summed E-state index contributed by atoms with van der Waals surface area (Å²) >= 11 is 0. The molecule has 4 bridgehead atoms. The van der Waals surface area contributed by atoms with E-state index in [-0.39, 0.29) is 48.6 Å². The molecule has 13 nitrogen and oxygen atoms in total. The largest absolute Gasteiger partial charge is 0.449 e. The first kappa shape index (κ1) is 41.5. The van der Waals surface area contributed by atoms with Gasteiger partial charge in [-0.05, 0) is 120 Å². The van der Waals surface area contributed by atoms with Crippen molar-refractivity contribution in [1.82, 2.24) is 21.3 Å². The normalized spacial score (nSPS) is 30.5. The molecule has 1 saturated heterocycles. The summed E-state index contributed by atoms with van der Waals surface area (Å²) in [5, 5.41) is 11.9. The molecular formula is C46H62N4O9. The summed E-state index contributed by atoms with van der Waals surface area (Å²) in [7, 11) is 0. The van der Waals surface area contributed by atoms with Crippen LogP contribution < -0.4 is 21.3 Å². The van der Waals surface area contributed by atoms with Gasteiger partial charge in [0.15, 0.2) is 0 Å². The van der Waals surface area contributed by atoms with Gasteiger partial charge in [0.25, 0.3) is 0 Å². The second kappa shape index (κ2) is 16.0. The van der Waals surface area contributed by atoms with Gasteiger partial charge in [-0.3, -0.25) is 9.59 Å². The molecule has 320 valence electrons. The monoisotopic (exact) mass is 814 g/mol. The van der Waals surface area contributed by atoms with E-state index >= 15 is 0 Å². The third-order valence-corrected chi connectivity index (χ3v) is 13.6. The Morgan fingerprint density at radius 2 is 1.41 bits per heavy atom. The molecule has 1 heterocycles. The fourth-order valence-electron chi connectivity index (χ4n) is 11.1. The Labute approximate surface area is 347 Å². The van der Waals surface area contributed by atoms with Crippen LogP contribution >= 0.6 is 0 Å². The van der Waals surface area contributed by atoms with Crippen molar-refractivity contribution >= 4 is 24.0 Å². The van der Waals surface area contributed by atoms with Gasteiger partial charge in [0.1, 0.15) is 12.2 Å². The lowest BCUT2D eigenvalue weighted by molar-refractivity contribution is -0.393. The summed E-state index contributed by atoms with van der Waals surface area (Å²) < 4.78 is 18.0. The van der Waals surface area contributed by atoms with Crippen LogP contribution in [-0.4, -0.2) is 73.0 Å². The maximum absolute atomic E-state index is 13.7. The average Bonchev–Trinajstić information content (AvgIpc) is 3.71. The van der Waals surface area contributed by atoms with E-state index in [9.17, 15) is 19.2 Å². The number of carbonyl (C=O) groups excluding carboxylic acids is 4. The van der Waals surface area contributed by atoms with E-state index in [1.165, 1.54) is 11.1 Å². The van der Waals surface area contributed by atoms with Gasteiger partial charge in [0.2, 0.25) is 23.4 Å². The Morgan fingerprint density at radius 3 is 2.05 bits per heavy atom. The third kappa shape index (κ3) is 8.70. The van der Waals surface area contributed by atoms with E-state index < -0.39 is 40.3 Å². The van der Waals surface area contributed by atoms with Crippen molar-refractivity contribution in [2.75, 3.05) is 26.2 Å². The van der Waals surface area contributed by atoms with E-state index in [1.54, 1.807) is 0 Å². The first-order valence-electron chi connectivity index (χ1n) is 21.8. The van der Waals surface area contributed by atoms with Crippen LogP contribution in [0.2, 0.25) is 0 Å². The second-order valence-corrected chi connectivity index (χ2v) is 19.8. The number of alkyl carbamates (subject to hydrolysis) is 2. The summed E-state index contributed by atoms with van der Waals surface area (Å²) in [6, 6.07) is 16.5. The third-order valence-electron chi connectivity index (χ3n) is 13.6. The van der Waals surface area contributed by atoms with E-state index in [0.717, 1.165) is 43.2 Å². The highest BCUT2D eigenvalue weighted by Crippen LogP contribution is 2.67. The van der Waals surface area contributed by atoms with Gasteiger partial charge in [0.05, 0.1) is 11.0 Å². The van der Waals surface area contributed by atoms with Crippen LogP contribution in [0.15, 0.2) is 48.5 Å². The van der Waals surface area contributed by atoms with Crippen molar-refractivity contribution in [3.05, 3.63) is 59.7 Å². The van der Waals surface area contributed by atoms with Crippen LogP contribution in [0.1, 0.15) is 122 Å². The first-order chi connectivity index (χ1) is 28.1. The van der Waals surface area contributed by atoms with Crippen LogP contribution in [0.25, 0.3) is 11.1 Å². The number of hydrogen-bond donors (Lipinski definition) is 4. The standard InChI is InChI=1S/C46H62N4O9/c1-42(2,3)56-40(53)48-20-10-19-47-39(52)44-24-30-21-31(25-44)46(32(22-30)26-44)57-45(58-59-46)17-15-29(16-18-45)23-38(51)49-28-43(4,5)50-41(54)55-27-37-35-13-8-6-11-33(35)34-12-7-9-14-36(34)37/h6-9,11-14,29-32,37H,10,15-28H2,1-5H3,(H,47,52)(H,48,53)(H,49,51)(H,50,54). The number of nitrogens with one attached hydrogen (secondary N) is 4. The lowest BCUT2D eigenvalue weighted by atomic mass is 9.47. The van der Waals surface area contributed by atoms with Crippen LogP contribution in [0.4, 0.5) is 9.59 Å². The van der Waals surface area contributed by atoms with Crippen molar-refractivity contribution in [2.24, 2.45) is 29.1 Å². The molecule has 2 unspecified atom stereocenters. The van der Waals surface area contributed by atoms with Gasteiger partial charge in [-0.15, -0.1) is 0 Å². The Bertz CT molecular complexity index is 1860. The summed E-state index contributed by atoms with van der Waals surface area (Å²) in [5.41, 5.74) is 2.95. The molecule has 59 heavy (non-hydrogen) atoms. The molecule has 5 saturated carbocycles. The quantitative estimate of drug-likeness (QED) is 0.128. The van der Waals surface area contributed by atoms with Crippen LogP contribution in [0.3, 0.4) is 0 Å². The van der Waals surface area contributed by atoms with Crippen LogP contribution in [0.5, 0.6) is 0 Å². The Hall–Kier alpha value is -4.20. The zero-order valence-corrected chi connectivity index (χ0v) is 35.3. The maximum Gasteiger partial charge on any atom is 0.407 e.